The Labute approximate surface area is 186 Å². The third-order valence-corrected chi connectivity index (χ3v) is 6.37. The number of rotatable bonds is 7. The van der Waals surface area contributed by atoms with E-state index in [1.54, 1.807) is 48.5 Å². The number of hydrogen-bond donors (Lipinski definition) is 2. The molecular formula is C23H21ClN2O4S. The largest absolute Gasteiger partial charge is 0.324 e. The summed E-state index contributed by atoms with van der Waals surface area (Å²) in [7, 11) is -3.89. The van der Waals surface area contributed by atoms with Gasteiger partial charge < -0.3 is 5.32 Å². The lowest BCUT2D eigenvalue weighted by Gasteiger charge is -2.16. The van der Waals surface area contributed by atoms with Crippen LogP contribution >= 0.6 is 11.6 Å². The van der Waals surface area contributed by atoms with Gasteiger partial charge in [0, 0.05) is 16.1 Å². The number of sulfonamides is 1. The molecule has 0 bridgehead atoms. The van der Waals surface area contributed by atoms with E-state index in [0.29, 0.717) is 10.6 Å². The number of benzene rings is 3. The molecule has 3 rings (SSSR count). The number of aryl methyl sites for hydroxylation is 1. The number of carbonyl (C=O) groups is 2. The second-order valence-electron chi connectivity index (χ2n) is 7.03. The number of carbonyl (C=O) groups excluding carboxylic acids is 2. The predicted octanol–water partition coefficient (Wildman–Crippen LogP) is 4.18. The van der Waals surface area contributed by atoms with Crippen LogP contribution < -0.4 is 10.0 Å². The molecule has 0 aliphatic heterocycles. The molecule has 160 valence electrons. The number of anilines is 1. The van der Waals surface area contributed by atoms with Crippen LogP contribution in [-0.2, 0) is 14.8 Å². The maximum absolute atomic E-state index is 12.9. The Hall–Kier alpha value is -3.00. The van der Waals surface area contributed by atoms with Crippen LogP contribution in [-0.4, -0.2) is 26.2 Å². The van der Waals surface area contributed by atoms with Crippen LogP contribution in [0.4, 0.5) is 5.69 Å². The molecule has 2 N–H and O–H groups in total. The first-order valence-corrected chi connectivity index (χ1v) is 11.3. The maximum atomic E-state index is 12.9. The summed E-state index contributed by atoms with van der Waals surface area (Å²) in [6.07, 6.45) is 0. The van der Waals surface area contributed by atoms with Crippen LogP contribution in [0.3, 0.4) is 0 Å². The zero-order valence-corrected chi connectivity index (χ0v) is 18.5. The summed E-state index contributed by atoms with van der Waals surface area (Å²) in [6.45, 7) is 3.27. The lowest BCUT2D eigenvalue weighted by atomic mass is 10.0. The maximum Gasteiger partial charge on any atom is 0.242 e. The molecule has 1 atom stereocenters. The molecular weight excluding hydrogens is 436 g/mol. The molecule has 0 spiro atoms. The molecule has 3 aromatic carbocycles. The smallest absolute Gasteiger partial charge is 0.242 e. The first-order valence-electron chi connectivity index (χ1n) is 9.46. The average Bonchev–Trinajstić information content (AvgIpc) is 2.75. The van der Waals surface area contributed by atoms with Crippen LogP contribution in [0.25, 0.3) is 0 Å². The Morgan fingerprint density at radius 1 is 0.935 bits per heavy atom. The highest BCUT2D eigenvalue weighted by Crippen LogP contribution is 2.24. The molecule has 8 heteroatoms. The van der Waals surface area contributed by atoms with E-state index < -0.39 is 22.0 Å². The summed E-state index contributed by atoms with van der Waals surface area (Å²) in [5.41, 5.74) is 1.81. The van der Waals surface area contributed by atoms with Gasteiger partial charge in [0.05, 0.1) is 16.6 Å². The fourth-order valence-electron chi connectivity index (χ4n) is 2.87. The fourth-order valence-corrected chi connectivity index (χ4v) is 4.25. The minimum absolute atomic E-state index is 0.0594. The minimum Gasteiger partial charge on any atom is -0.324 e. The van der Waals surface area contributed by atoms with Crippen LogP contribution in [0, 0.1) is 6.92 Å². The Bertz CT molecular complexity index is 1210. The van der Waals surface area contributed by atoms with Crippen molar-refractivity contribution in [2.75, 3.05) is 5.32 Å². The molecule has 0 heterocycles. The summed E-state index contributed by atoms with van der Waals surface area (Å²) >= 11 is 6.06. The van der Waals surface area contributed by atoms with E-state index >= 15 is 0 Å². The van der Waals surface area contributed by atoms with Gasteiger partial charge in [0.15, 0.2) is 5.78 Å². The highest BCUT2D eigenvalue weighted by Gasteiger charge is 2.23. The van der Waals surface area contributed by atoms with Gasteiger partial charge in [-0.3, -0.25) is 9.59 Å². The van der Waals surface area contributed by atoms with E-state index in [0.717, 1.165) is 5.56 Å². The second kappa shape index (κ2) is 9.43. The molecule has 1 amide bonds. The quantitative estimate of drug-likeness (QED) is 0.521. The molecule has 0 aliphatic carbocycles. The zero-order valence-electron chi connectivity index (χ0n) is 16.9. The first-order chi connectivity index (χ1) is 14.7. The van der Waals surface area contributed by atoms with E-state index in [2.05, 4.69) is 10.0 Å². The molecule has 0 saturated carbocycles. The van der Waals surface area contributed by atoms with E-state index in [4.69, 9.17) is 11.6 Å². The molecule has 0 unspecified atom stereocenters. The summed E-state index contributed by atoms with van der Waals surface area (Å²) in [6, 6.07) is 18.3. The molecule has 0 radical (unpaired) electrons. The SMILES string of the molecule is Cc1ccc(S(=O)(=O)N[C@@H](C)C(=O)Nc2ccc(Cl)cc2C(=O)c2ccccc2)cc1. The van der Waals surface area contributed by atoms with E-state index in [9.17, 15) is 18.0 Å². The molecule has 3 aromatic rings. The third-order valence-electron chi connectivity index (χ3n) is 4.58. The van der Waals surface area contributed by atoms with Crippen LogP contribution in [0.5, 0.6) is 0 Å². The Kier molecular flexibility index (Phi) is 6.90. The van der Waals surface area contributed by atoms with Gasteiger partial charge in [-0.1, -0.05) is 59.6 Å². The van der Waals surface area contributed by atoms with Crippen molar-refractivity contribution in [3.8, 4) is 0 Å². The average molecular weight is 457 g/mol. The molecule has 0 saturated heterocycles. The first kappa shape index (κ1) is 22.7. The normalized spacial score (nSPS) is 12.2. The summed E-state index contributed by atoms with van der Waals surface area (Å²) in [5.74, 6) is -0.925. The van der Waals surface area contributed by atoms with Gasteiger partial charge in [0.1, 0.15) is 0 Å². The molecule has 31 heavy (non-hydrogen) atoms. The summed E-state index contributed by atoms with van der Waals surface area (Å²) < 4.78 is 27.5. The Morgan fingerprint density at radius 2 is 1.58 bits per heavy atom. The molecule has 6 nitrogen and oxygen atoms in total. The Balaban J connectivity index is 1.80. The zero-order chi connectivity index (χ0) is 22.6. The van der Waals surface area contributed by atoms with Crippen molar-refractivity contribution in [1.82, 2.24) is 4.72 Å². The van der Waals surface area contributed by atoms with Gasteiger partial charge >= 0.3 is 0 Å². The van der Waals surface area contributed by atoms with Gasteiger partial charge in [-0.05, 0) is 44.2 Å². The van der Waals surface area contributed by atoms with Crippen molar-refractivity contribution >= 4 is 39.0 Å². The summed E-state index contributed by atoms with van der Waals surface area (Å²) in [4.78, 5) is 25.6. The van der Waals surface area contributed by atoms with E-state index in [1.165, 1.54) is 31.2 Å². The predicted molar refractivity (Wildman–Crippen MR) is 121 cm³/mol. The second-order valence-corrected chi connectivity index (χ2v) is 9.18. The highest BCUT2D eigenvalue weighted by molar-refractivity contribution is 7.89. The van der Waals surface area contributed by atoms with Crippen LogP contribution in [0.1, 0.15) is 28.4 Å². The lowest BCUT2D eigenvalue weighted by Crippen LogP contribution is -2.41. The van der Waals surface area contributed by atoms with Gasteiger partial charge in [-0.2, -0.15) is 4.72 Å². The van der Waals surface area contributed by atoms with Crippen molar-refractivity contribution in [2.45, 2.75) is 24.8 Å². The van der Waals surface area contributed by atoms with Gasteiger partial charge in [-0.25, -0.2) is 8.42 Å². The highest BCUT2D eigenvalue weighted by atomic mass is 35.5. The monoisotopic (exact) mass is 456 g/mol. The van der Waals surface area contributed by atoms with Crippen LogP contribution in [0.15, 0.2) is 77.7 Å². The van der Waals surface area contributed by atoms with Gasteiger partial charge in [-0.15, -0.1) is 0 Å². The standard InChI is InChI=1S/C23H21ClN2O4S/c1-15-8-11-19(12-9-15)31(29,30)26-16(2)23(28)25-21-13-10-18(24)14-20(21)22(27)17-6-4-3-5-7-17/h3-14,16,26H,1-2H3,(H,25,28)/t16-/m0/s1. The lowest BCUT2D eigenvalue weighted by molar-refractivity contribution is -0.117. The van der Waals surface area contributed by atoms with Crippen molar-refractivity contribution < 1.29 is 18.0 Å². The van der Waals surface area contributed by atoms with Crippen LogP contribution in [0.2, 0.25) is 5.02 Å². The third kappa shape index (κ3) is 5.58. The Morgan fingerprint density at radius 3 is 2.23 bits per heavy atom. The van der Waals surface area contributed by atoms with Gasteiger partial charge in [0.2, 0.25) is 15.9 Å². The molecule has 0 aromatic heterocycles. The number of halogens is 1. The molecule has 0 fully saturated rings. The van der Waals surface area contributed by atoms with E-state index in [1.807, 2.05) is 6.92 Å². The number of hydrogen-bond acceptors (Lipinski definition) is 4. The van der Waals surface area contributed by atoms with E-state index in [-0.39, 0.29) is 21.9 Å². The number of nitrogens with one attached hydrogen (secondary N) is 2. The topological polar surface area (TPSA) is 92.3 Å². The summed E-state index contributed by atoms with van der Waals surface area (Å²) in [5, 5.41) is 2.96. The number of amides is 1. The number of ketones is 1. The van der Waals surface area contributed by atoms with Gasteiger partial charge in [0.25, 0.3) is 0 Å². The van der Waals surface area contributed by atoms with Crippen molar-refractivity contribution in [3.63, 3.8) is 0 Å². The minimum atomic E-state index is -3.89. The molecule has 0 aliphatic rings. The fraction of sp³-hybridized carbons (Fsp3) is 0.130. The van der Waals surface area contributed by atoms with Crippen molar-refractivity contribution in [3.05, 3.63) is 94.5 Å². The van der Waals surface area contributed by atoms with Crippen molar-refractivity contribution in [1.29, 1.82) is 0 Å². The van der Waals surface area contributed by atoms with Crippen molar-refractivity contribution in [2.24, 2.45) is 0 Å².